The van der Waals surface area contributed by atoms with Crippen LogP contribution < -0.4 is 5.32 Å². The number of aromatic amines is 1. The highest BCUT2D eigenvalue weighted by molar-refractivity contribution is 6.30. The van der Waals surface area contributed by atoms with Crippen LogP contribution in [0.1, 0.15) is 30.5 Å². The minimum Gasteiger partial charge on any atom is -0.356 e. The van der Waals surface area contributed by atoms with Gasteiger partial charge in [-0.05, 0) is 25.0 Å². The lowest BCUT2D eigenvalue weighted by atomic mass is 9.96. The monoisotopic (exact) mass is 414 g/mol. The number of halogens is 1. The van der Waals surface area contributed by atoms with Gasteiger partial charge in [-0.1, -0.05) is 28.9 Å². The molecule has 29 heavy (non-hydrogen) atoms. The van der Waals surface area contributed by atoms with Crippen molar-refractivity contribution >= 4 is 17.6 Å². The van der Waals surface area contributed by atoms with Crippen LogP contribution in [0.25, 0.3) is 11.4 Å². The molecule has 1 saturated heterocycles. The molecule has 0 atom stereocenters. The molecule has 3 aromatic rings. The number of likely N-dealkylation sites (tertiary alicyclic amines) is 1. The molecule has 2 aromatic heterocycles. The van der Waals surface area contributed by atoms with Crippen LogP contribution in [0.15, 0.2) is 40.1 Å². The lowest BCUT2D eigenvalue weighted by Gasteiger charge is -2.33. The molecule has 1 aliphatic heterocycles. The predicted octanol–water partition coefficient (Wildman–Crippen LogP) is 2.51. The third-order valence-electron chi connectivity index (χ3n) is 5.00. The topological polar surface area (TPSA) is 108 Å². The summed E-state index contributed by atoms with van der Waals surface area (Å²) < 4.78 is 5.36. The largest absolute Gasteiger partial charge is 0.356 e. The van der Waals surface area contributed by atoms with Gasteiger partial charge in [-0.25, -0.2) is 4.98 Å². The lowest BCUT2D eigenvalue weighted by molar-refractivity contribution is 0.298. The zero-order chi connectivity index (χ0) is 20.1. The molecule has 2 N–H and O–H groups in total. The molecule has 0 bridgehead atoms. The van der Waals surface area contributed by atoms with E-state index in [1.54, 1.807) is 13.4 Å². The summed E-state index contributed by atoms with van der Waals surface area (Å²) in [6, 6.07) is 7.41. The van der Waals surface area contributed by atoms with E-state index in [0.29, 0.717) is 35.6 Å². The van der Waals surface area contributed by atoms with Crippen molar-refractivity contribution in [3.63, 3.8) is 0 Å². The lowest BCUT2D eigenvalue weighted by Crippen LogP contribution is -2.45. The summed E-state index contributed by atoms with van der Waals surface area (Å²) in [5.41, 5.74) is 0.839. The second kappa shape index (κ2) is 9.04. The second-order valence-corrected chi connectivity index (χ2v) is 7.31. The first-order chi connectivity index (χ1) is 14.2. The van der Waals surface area contributed by atoms with Gasteiger partial charge in [0.2, 0.25) is 11.7 Å². The normalized spacial score (nSPS) is 15.7. The third kappa shape index (κ3) is 4.73. The number of H-pyrrole nitrogens is 1. The molecular formula is C19H23ClN8O. The Morgan fingerprint density at radius 3 is 2.97 bits per heavy atom. The van der Waals surface area contributed by atoms with Crippen LogP contribution in [-0.2, 0) is 6.42 Å². The van der Waals surface area contributed by atoms with E-state index in [4.69, 9.17) is 16.1 Å². The summed E-state index contributed by atoms with van der Waals surface area (Å²) in [5, 5.41) is 15.0. The van der Waals surface area contributed by atoms with Crippen molar-refractivity contribution in [3.05, 3.63) is 47.3 Å². The first-order valence-electron chi connectivity index (χ1n) is 9.62. The van der Waals surface area contributed by atoms with E-state index in [9.17, 15) is 0 Å². The van der Waals surface area contributed by atoms with Gasteiger partial charge >= 0.3 is 0 Å². The number of benzene rings is 1. The number of hydrogen-bond donors (Lipinski definition) is 2. The first-order valence-corrected chi connectivity index (χ1v) is 10.00. The Balaban J connectivity index is 1.27. The van der Waals surface area contributed by atoms with Crippen molar-refractivity contribution in [2.24, 2.45) is 4.99 Å². The van der Waals surface area contributed by atoms with Gasteiger partial charge in [0.05, 0.1) is 0 Å². The molecule has 0 saturated carbocycles. The van der Waals surface area contributed by atoms with Crippen LogP contribution in [0.4, 0.5) is 0 Å². The molecule has 152 valence electrons. The van der Waals surface area contributed by atoms with Crippen molar-refractivity contribution in [1.29, 1.82) is 0 Å². The van der Waals surface area contributed by atoms with Crippen molar-refractivity contribution in [1.82, 2.24) is 35.5 Å². The van der Waals surface area contributed by atoms with Gasteiger partial charge in [0.1, 0.15) is 12.2 Å². The van der Waals surface area contributed by atoms with E-state index in [1.165, 1.54) is 0 Å². The van der Waals surface area contributed by atoms with Gasteiger partial charge < -0.3 is 14.7 Å². The van der Waals surface area contributed by atoms with Gasteiger partial charge in [-0.15, -0.1) is 0 Å². The Bertz CT molecular complexity index is 947. The highest BCUT2D eigenvalue weighted by Crippen LogP contribution is 2.25. The highest BCUT2D eigenvalue weighted by atomic mass is 35.5. The summed E-state index contributed by atoms with van der Waals surface area (Å²) in [6.07, 6.45) is 4.21. The number of rotatable bonds is 5. The average molecular weight is 415 g/mol. The maximum Gasteiger partial charge on any atom is 0.228 e. The molecule has 0 unspecified atom stereocenters. The zero-order valence-electron chi connectivity index (χ0n) is 16.2. The minimum absolute atomic E-state index is 0.426. The van der Waals surface area contributed by atoms with Crippen molar-refractivity contribution in [3.8, 4) is 11.4 Å². The van der Waals surface area contributed by atoms with Gasteiger partial charge in [0.25, 0.3) is 0 Å². The van der Waals surface area contributed by atoms with E-state index in [-0.39, 0.29) is 0 Å². The highest BCUT2D eigenvalue weighted by Gasteiger charge is 2.24. The molecule has 4 rings (SSSR count). The third-order valence-corrected chi connectivity index (χ3v) is 5.23. The Hall–Kier alpha value is -2.94. The van der Waals surface area contributed by atoms with Crippen LogP contribution in [0, 0.1) is 0 Å². The number of aliphatic imine (C=N–C) groups is 1. The first kappa shape index (κ1) is 19.4. The number of nitrogens with one attached hydrogen (secondary N) is 2. The second-order valence-electron chi connectivity index (χ2n) is 6.88. The molecule has 0 aliphatic carbocycles. The number of hydrogen-bond acceptors (Lipinski definition) is 6. The smallest absolute Gasteiger partial charge is 0.228 e. The zero-order valence-corrected chi connectivity index (χ0v) is 16.9. The van der Waals surface area contributed by atoms with Crippen molar-refractivity contribution < 1.29 is 4.52 Å². The van der Waals surface area contributed by atoms with Gasteiger partial charge in [0, 0.05) is 49.6 Å². The molecule has 1 aliphatic rings. The summed E-state index contributed by atoms with van der Waals surface area (Å²) in [5.74, 6) is 3.40. The van der Waals surface area contributed by atoms with Crippen LogP contribution in [-0.4, -0.2) is 62.9 Å². The van der Waals surface area contributed by atoms with Gasteiger partial charge in [0.15, 0.2) is 5.96 Å². The van der Waals surface area contributed by atoms with Crippen LogP contribution in [0.5, 0.6) is 0 Å². The molecule has 9 nitrogen and oxygen atoms in total. The average Bonchev–Trinajstić information content (AvgIpc) is 3.44. The Labute approximate surface area is 173 Å². The Kier molecular flexibility index (Phi) is 6.04. The summed E-state index contributed by atoms with van der Waals surface area (Å²) in [7, 11) is 1.80. The molecule has 3 heterocycles. The number of guanidine groups is 1. The summed E-state index contributed by atoms with van der Waals surface area (Å²) in [4.78, 5) is 15.4. The quantitative estimate of drug-likeness (QED) is 0.487. The number of piperidine rings is 1. The SMILES string of the molecule is CN=C(NCCc1nc(-c2cccc(Cl)c2)no1)N1CCC(c2ncn[nH]2)CC1. The van der Waals surface area contributed by atoms with Gasteiger partial charge in [-0.3, -0.25) is 10.1 Å². The van der Waals surface area contributed by atoms with Crippen LogP contribution >= 0.6 is 11.6 Å². The fourth-order valence-electron chi connectivity index (χ4n) is 3.49. The van der Waals surface area contributed by atoms with Crippen LogP contribution in [0.3, 0.4) is 0 Å². The molecule has 1 aromatic carbocycles. The number of aromatic nitrogens is 5. The standard InChI is InChI=1S/C19H23ClN8O/c1-21-19(28-9-6-13(7-10-28)17-23-12-24-26-17)22-8-5-16-25-18(27-29-16)14-3-2-4-15(20)11-14/h2-4,11-13H,5-10H2,1H3,(H,21,22)(H,23,24,26). The predicted molar refractivity (Wildman–Crippen MR) is 110 cm³/mol. The van der Waals surface area contributed by atoms with Crippen molar-refractivity contribution in [2.75, 3.05) is 26.7 Å². The van der Waals surface area contributed by atoms with E-state index >= 15 is 0 Å². The molecule has 0 amide bonds. The molecule has 0 radical (unpaired) electrons. The Morgan fingerprint density at radius 1 is 1.38 bits per heavy atom. The maximum atomic E-state index is 6.03. The van der Waals surface area contributed by atoms with E-state index in [0.717, 1.165) is 43.3 Å². The minimum atomic E-state index is 0.426. The molecular weight excluding hydrogens is 392 g/mol. The van der Waals surface area contributed by atoms with Gasteiger partial charge in [-0.2, -0.15) is 10.1 Å². The number of nitrogens with zero attached hydrogens (tertiary/aromatic N) is 6. The van der Waals surface area contributed by atoms with E-state index in [2.05, 4.69) is 40.5 Å². The fourth-order valence-corrected chi connectivity index (χ4v) is 3.68. The van der Waals surface area contributed by atoms with E-state index in [1.807, 2.05) is 24.3 Å². The molecule has 1 fully saturated rings. The Morgan fingerprint density at radius 2 is 2.24 bits per heavy atom. The van der Waals surface area contributed by atoms with E-state index < -0.39 is 0 Å². The fraction of sp³-hybridized carbons (Fsp3) is 0.421. The van der Waals surface area contributed by atoms with Crippen LogP contribution in [0.2, 0.25) is 5.02 Å². The maximum absolute atomic E-state index is 6.03. The summed E-state index contributed by atoms with van der Waals surface area (Å²) >= 11 is 6.03. The summed E-state index contributed by atoms with van der Waals surface area (Å²) in [6.45, 7) is 2.50. The molecule has 10 heteroatoms. The molecule has 0 spiro atoms. The van der Waals surface area contributed by atoms with Crippen molar-refractivity contribution in [2.45, 2.75) is 25.2 Å².